The van der Waals surface area contributed by atoms with Gasteiger partial charge in [0.25, 0.3) is 0 Å². The maximum atomic E-state index is 10.8. The number of halogens is 2. The molecule has 0 spiro atoms. The Morgan fingerprint density at radius 3 is 2.76 bits per heavy atom. The summed E-state index contributed by atoms with van der Waals surface area (Å²) < 4.78 is 0. The largest absolute Gasteiger partial charge is 0.477 e. The molecule has 0 saturated carbocycles. The van der Waals surface area contributed by atoms with E-state index in [4.69, 9.17) is 5.11 Å². The fraction of sp³-hybridized carbons (Fsp3) is 0.600. The first-order valence-electron chi connectivity index (χ1n) is 5.07. The minimum absolute atomic E-state index is 0. The minimum atomic E-state index is -0.860. The maximum absolute atomic E-state index is 10.8. The molecule has 2 rings (SSSR count). The van der Waals surface area contributed by atoms with Crippen molar-refractivity contribution in [3.63, 3.8) is 0 Å². The van der Waals surface area contributed by atoms with Crippen molar-refractivity contribution in [3.05, 3.63) is 15.6 Å². The fourth-order valence-electron chi connectivity index (χ4n) is 1.87. The molecule has 1 aliphatic heterocycles. The van der Waals surface area contributed by atoms with Crippen LogP contribution < -0.4 is 5.32 Å². The summed E-state index contributed by atoms with van der Waals surface area (Å²) in [6, 6.07) is 0. The van der Waals surface area contributed by atoms with Gasteiger partial charge in [0.15, 0.2) is 0 Å². The molecule has 0 radical (unpaired) electrons. The molecule has 1 unspecified atom stereocenters. The van der Waals surface area contributed by atoms with Gasteiger partial charge in [-0.1, -0.05) is 0 Å². The molecule has 2 heterocycles. The smallest absolute Gasteiger partial charge is 0.347 e. The third-order valence-electron chi connectivity index (χ3n) is 2.66. The van der Waals surface area contributed by atoms with Gasteiger partial charge in [0.2, 0.25) is 0 Å². The van der Waals surface area contributed by atoms with Crippen LogP contribution in [0.15, 0.2) is 0 Å². The van der Waals surface area contributed by atoms with E-state index < -0.39 is 5.97 Å². The van der Waals surface area contributed by atoms with Crippen molar-refractivity contribution in [2.75, 3.05) is 13.1 Å². The standard InChI is InChI=1S/C10H14N2O2S.2ClH/c1-6-9(10(13)14)15-8(12-6)4-7-2-3-11-5-7;;/h7,11H,2-5H2,1H3,(H,13,14);2*1H. The zero-order valence-corrected chi connectivity index (χ0v) is 11.9. The number of nitrogens with zero attached hydrogens (tertiary/aromatic N) is 1. The van der Waals surface area contributed by atoms with Crippen molar-refractivity contribution in [1.82, 2.24) is 10.3 Å². The molecular formula is C10H16Cl2N2O2S. The Bertz CT molecular complexity index is 378. The summed E-state index contributed by atoms with van der Waals surface area (Å²) in [6.07, 6.45) is 2.08. The van der Waals surface area contributed by atoms with E-state index in [0.29, 0.717) is 16.5 Å². The van der Waals surface area contributed by atoms with Crippen LogP contribution in [0.3, 0.4) is 0 Å². The highest BCUT2D eigenvalue weighted by Gasteiger charge is 2.19. The molecule has 1 saturated heterocycles. The lowest BCUT2D eigenvalue weighted by atomic mass is 10.1. The van der Waals surface area contributed by atoms with Crippen LogP contribution in [0.2, 0.25) is 0 Å². The third kappa shape index (κ3) is 4.10. The van der Waals surface area contributed by atoms with Gasteiger partial charge in [0, 0.05) is 6.42 Å². The Morgan fingerprint density at radius 1 is 1.59 bits per heavy atom. The number of aromatic carboxylic acids is 1. The zero-order valence-electron chi connectivity index (χ0n) is 9.43. The molecule has 4 nitrogen and oxygen atoms in total. The van der Waals surface area contributed by atoms with Crippen LogP contribution in [0.25, 0.3) is 0 Å². The number of aromatic nitrogens is 1. The van der Waals surface area contributed by atoms with Gasteiger partial charge in [0.05, 0.1) is 10.7 Å². The number of thiazole rings is 1. The molecule has 0 amide bonds. The number of rotatable bonds is 3. The van der Waals surface area contributed by atoms with E-state index in [9.17, 15) is 4.79 Å². The molecule has 1 atom stereocenters. The molecule has 1 aromatic heterocycles. The lowest BCUT2D eigenvalue weighted by Gasteiger charge is -2.03. The van der Waals surface area contributed by atoms with Gasteiger partial charge in [-0.05, 0) is 32.4 Å². The Morgan fingerprint density at radius 2 is 2.29 bits per heavy atom. The van der Waals surface area contributed by atoms with Crippen molar-refractivity contribution in [2.24, 2.45) is 5.92 Å². The second-order valence-electron chi connectivity index (χ2n) is 3.89. The first kappa shape index (κ1) is 16.6. The zero-order chi connectivity index (χ0) is 10.8. The maximum Gasteiger partial charge on any atom is 0.347 e. The molecule has 98 valence electrons. The second kappa shape index (κ2) is 7.16. The normalized spacial score (nSPS) is 18.3. The minimum Gasteiger partial charge on any atom is -0.477 e. The van der Waals surface area contributed by atoms with Crippen LogP contribution in [-0.2, 0) is 6.42 Å². The number of hydrogen-bond donors (Lipinski definition) is 2. The summed E-state index contributed by atoms with van der Waals surface area (Å²) in [7, 11) is 0. The van der Waals surface area contributed by atoms with E-state index in [-0.39, 0.29) is 24.8 Å². The summed E-state index contributed by atoms with van der Waals surface area (Å²) in [5.74, 6) is -0.238. The van der Waals surface area contributed by atoms with Crippen LogP contribution in [0.1, 0.15) is 26.8 Å². The molecule has 17 heavy (non-hydrogen) atoms. The van der Waals surface area contributed by atoms with Crippen LogP contribution in [0.4, 0.5) is 0 Å². The molecule has 1 aromatic rings. The van der Waals surface area contributed by atoms with E-state index in [0.717, 1.165) is 24.5 Å². The van der Waals surface area contributed by atoms with Gasteiger partial charge >= 0.3 is 5.97 Å². The van der Waals surface area contributed by atoms with Crippen LogP contribution in [0, 0.1) is 12.8 Å². The molecule has 0 aromatic carbocycles. The van der Waals surface area contributed by atoms with Gasteiger partial charge in [-0.3, -0.25) is 0 Å². The first-order chi connectivity index (χ1) is 7.16. The highest BCUT2D eigenvalue weighted by Crippen LogP contribution is 2.22. The van der Waals surface area contributed by atoms with Crippen molar-refractivity contribution < 1.29 is 9.90 Å². The summed E-state index contributed by atoms with van der Waals surface area (Å²) in [6.45, 7) is 3.86. The topological polar surface area (TPSA) is 62.2 Å². The molecule has 0 bridgehead atoms. The van der Waals surface area contributed by atoms with Crippen molar-refractivity contribution in [3.8, 4) is 0 Å². The summed E-state index contributed by atoms with van der Waals surface area (Å²) in [5, 5.41) is 13.2. The molecule has 1 fully saturated rings. The average molecular weight is 299 g/mol. The average Bonchev–Trinajstić information content (AvgIpc) is 2.75. The second-order valence-corrected chi connectivity index (χ2v) is 4.97. The highest BCUT2D eigenvalue weighted by atomic mass is 35.5. The van der Waals surface area contributed by atoms with Gasteiger partial charge in [-0.25, -0.2) is 9.78 Å². The third-order valence-corrected chi connectivity index (χ3v) is 3.83. The SMILES string of the molecule is Cc1nc(CC2CCNC2)sc1C(=O)O.Cl.Cl. The predicted molar refractivity (Wildman–Crippen MR) is 73.0 cm³/mol. The van der Waals surface area contributed by atoms with E-state index in [2.05, 4.69) is 10.3 Å². The number of aryl methyl sites for hydroxylation is 1. The van der Waals surface area contributed by atoms with Gasteiger partial charge < -0.3 is 10.4 Å². The van der Waals surface area contributed by atoms with Crippen LogP contribution >= 0.6 is 36.2 Å². The summed E-state index contributed by atoms with van der Waals surface area (Å²) in [4.78, 5) is 15.5. The van der Waals surface area contributed by atoms with Crippen LogP contribution in [0.5, 0.6) is 0 Å². The summed E-state index contributed by atoms with van der Waals surface area (Å²) >= 11 is 1.32. The molecule has 1 aliphatic rings. The summed E-state index contributed by atoms with van der Waals surface area (Å²) in [5.41, 5.74) is 0.647. The predicted octanol–water partition coefficient (Wildman–Crippen LogP) is 2.15. The molecular weight excluding hydrogens is 283 g/mol. The Balaban J connectivity index is 0.00000128. The van der Waals surface area contributed by atoms with E-state index in [1.54, 1.807) is 6.92 Å². The Kier molecular flexibility index (Phi) is 7.01. The number of carboxylic acid groups (broad SMARTS) is 1. The molecule has 0 aliphatic carbocycles. The Hall–Kier alpha value is -0.360. The fourth-order valence-corrected chi connectivity index (χ4v) is 2.89. The first-order valence-corrected chi connectivity index (χ1v) is 5.89. The number of hydrogen-bond acceptors (Lipinski definition) is 4. The van der Waals surface area contributed by atoms with E-state index in [1.165, 1.54) is 17.8 Å². The van der Waals surface area contributed by atoms with Gasteiger partial charge in [-0.15, -0.1) is 36.2 Å². The van der Waals surface area contributed by atoms with Crippen molar-refractivity contribution in [1.29, 1.82) is 0 Å². The highest BCUT2D eigenvalue weighted by molar-refractivity contribution is 7.13. The monoisotopic (exact) mass is 298 g/mol. The van der Waals surface area contributed by atoms with Gasteiger partial charge in [-0.2, -0.15) is 0 Å². The lowest BCUT2D eigenvalue weighted by molar-refractivity contribution is 0.0701. The number of nitrogens with one attached hydrogen (secondary N) is 1. The number of carbonyl (C=O) groups is 1. The number of carboxylic acids is 1. The molecule has 7 heteroatoms. The van der Waals surface area contributed by atoms with E-state index >= 15 is 0 Å². The van der Waals surface area contributed by atoms with Crippen molar-refractivity contribution >= 4 is 42.1 Å². The van der Waals surface area contributed by atoms with Crippen LogP contribution in [-0.4, -0.2) is 29.1 Å². The lowest BCUT2D eigenvalue weighted by Crippen LogP contribution is -2.10. The quantitative estimate of drug-likeness (QED) is 0.897. The van der Waals surface area contributed by atoms with Crippen molar-refractivity contribution in [2.45, 2.75) is 19.8 Å². The van der Waals surface area contributed by atoms with Gasteiger partial charge in [0.1, 0.15) is 4.88 Å². The Labute approximate surface area is 117 Å². The molecule has 2 N–H and O–H groups in total. The van der Waals surface area contributed by atoms with E-state index in [1.807, 2.05) is 0 Å².